The Balaban J connectivity index is 1.62. The van der Waals surface area contributed by atoms with E-state index in [4.69, 9.17) is 18.9 Å². The minimum Gasteiger partial charge on any atom is -0.459 e. The molecule has 3 aromatic rings. The molecule has 2 heterocycles. The van der Waals surface area contributed by atoms with Crippen LogP contribution in [0.25, 0.3) is 0 Å². The van der Waals surface area contributed by atoms with Crippen LogP contribution in [0.5, 0.6) is 0 Å². The van der Waals surface area contributed by atoms with Crippen LogP contribution in [-0.4, -0.2) is 53.5 Å². The van der Waals surface area contributed by atoms with Crippen molar-refractivity contribution >= 4 is 27.9 Å². The fraction of sp³-hybridized carbons (Fsp3) is 0.250. The van der Waals surface area contributed by atoms with Crippen molar-refractivity contribution in [3.8, 4) is 0 Å². The summed E-state index contributed by atoms with van der Waals surface area (Å²) in [4.78, 5) is 51.8. The molecule has 0 unspecified atom stereocenters. The Kier molecular flexibility index (Phi) is 7.59. The molecule has 4 rings (SSSR count). The number of methoxy groups -OCH3 is 1. The number of hydrogen-bond acceptors (Lipinski definition) is 8. The Morgan fingerprint density at radius 1 is 0.971 bits per heavy atom. The third-order valence-corrected chi connectivity index (χ3v) is 5.96. The van der Waals surface area contributed by atoms with E-state index < -0.39 is 47.7 Å². The summed E-state index contributed by atoms with van der Waals surface area (Å²) >= 11 is 3.09. The lowest BCUT2D eigenvalue weighted by molar-refractivity contribution is -0.0658. The molecule has 0 aliphatic carbocycles. The van der Waals surface area contributed by atoms with E-state index in [0.717, 1.165) is 4.57 Å². The molecule has 1 fully saturated rings. The van der Waals surface area contributed by atoms with Crippen LogP contribution in [0, 0.1) is 0 Å². The number of nitrogens with zero attached hydrogens (tertiary/aromatic N) is 1. The van der Waals surface area contributed by atoms with Crippen LogP contribution in [0.4, 0.5) is 0 Å². The lowest BCUT2D eigenvalue weighted by Crippen LogP contribution is -2.41. The van der Waals surface area contributed by atoms with Gasteiger partial charge in [-0.1, -0.05) is 36.4 Å². The van der Waals surface area contributed by atoms with Crippen molar-refractivity contribution in [2.75, 3.05) is 13.7 Å². The maximum absolute atomic E-state index is 12.8. The highest BCUT2D eigenvalue weighted by Gasteiger charge is 2.49. The van der Waals surface area contributed by atoms with Crippen molar-refractivity contribution in [1.29, 1.82) is 0 Å². The molecule has 1 aliphatic rings. The van der Waals surface area contributed by atoms with E-state index in [1.165, 1.54) is 13.3 Å². The molecule has 10 nitrogen and oxygen atoms in total. The second-order valence-corrected chi connectivity index (χ2v) is 8.46. The van der Waals surface area contributed by atoms with Crippen LogP contribution >= 0.6 is 15.9 Å². The van der Waals surface area contributed by atoms with Crippen LogP contribution in [0.1, 0.15) is 26.9 Å². The van der Waals surface area contributed by atoms with Gasteiger partial charge in [0.05, 0.1) is 15.6 Å². The summed E-state index contributed by atoms with van der Waals surface area (Å²) in [6.07, 6.45) is -2.80. The SMILES string of the molecule is CO[C@@H]1[C@H](OC(=O)c2ccccc2)[C@@H](COC(=O)c2ccccc2)O[C@H]1n1cc(Br)c(=O)[nH]c1=O. The number of benzene rings is 2. The minimum atomic E-state index is -1.09. The molecule has 1 aromatic heterocycles. The number of halogens is 1. The average molecular weight is 545 g/mol. The Morgan fingerprint density at radius 2 is 1.57 bits per heavy atom. The number of nitrogens with one attached hydrogen (secondary N) is 1. The van der Waals surface area contributed by atoms with Gasteiger partial charge in [0.25, 0.3) is 5.56 Å². The topological polar surface area (TPSA) is 126 Å². The monoisotopic (exact) mass is 544 g/mol. The highest BCUT2D eigenvalue weighted by molar-refractivity contribution is 9.10. The second-order valence-electron chi connectivity index (χ2n) is 7.61. The molecular weight excluding hydrogens is 524 g/mol. The molecule has 0 spiro atoms. The Hall–Kier alpha value is -3.54. The van der Waals surface area contributed by atoms with Crippen LogP contribution in [0.3, 0.4) is 0 Å². The normalized spacial score (nSPS) is 21.4. The van der Waals surface area contributed by atoms with E-state index in [-0.39, 0.29) is 11.1 Å². The molecular formula is C24H21BrN2O8. The first-order valence-electron chi connectivity index (χ1n) is 10.6. The number of esters is 2. The highest BCUT2D eigenvalue weighted by Crippen LogP contribution is 2.33. The number of aromatic nitrogens is 2. The second kappa shape index (κ2) is 10.8. The molecule has 0 bridgehead atoms. The Morgan fingerprint density at radius 3 is 2.17 bits per heavy atom. The van der Waals surface area contributed by atoms with E-state index in [9.17, 15) is 19.2 Å². The number of carbonyl (C=O) groups is 2. The number of rotatable bonds is 7. The summed E-state index contributed by atoms with van der Waals surface area (Å²) in [6, 6.07) is 16.7. The molecule has 0 amide bonds. The van der Waals surface area contributed by atoms with Crippen molar-refractivity contribution in [3.63, 3.8) is 0 Å². The largest absolute Gasteiger partial charge is 0.459 e. The predicted octanol–water partition coefficient (Wildman–Crippen LogP) is 2.29. The standard InChI is InChI=1S/C24H21BrN2O8/c1-32-19-18(35-23(30)15-10-6-3-7-11-15)17(13-33-22(29)14-8-4-2-5-9-14)34-21(19)27-12-16(25)20(28)26-24(27)31/h2-12,17-19,21H,13H2,1H3,(H,26,28,31)/t17-,18-,19-,21-/m1/s1. The first-order valence-corrected chi connectivity index (χ1v) is 11.4. The average Bonchev–Trinajstić information content (AvgIpc) is 3.22. The van der Waals surface area contributed by atoms with E-state index >= 15 is 0 Å². The first kappa shape index (κ1) is 24.6. The van der Waals surface area contributed by atoms with Crippen molar-refractivity contribution in [2.24, 2.45) is 0 Å². The summed E-state index contributed by atoms with van der Waals surface area (Å²) in [7, 11) is 1.37. The van der Waals surface area contributed by atoms with Crippen LogP contribution in [0.15, 0.2) is 80.9 Å². The summed E-state index contributed by atoms with van der Waals surface area (Å²) < 4.78 is 23.9. The molecule has 1 aliphatic heterocycles. The Bertz CT molecular complexity index is 1310. The lowest BCUT2D eigenvalue weighted by Gasteiger charge is -2.23. The van der Waals surface area contributed by atoms with Gasteiger partial charge in [0, 0.05) is 13.3 Å². The third-order valence-electron chi connectivity index (χ3n) is 5.40. The molecule has 0 radical (unpaired) electrons. The van der Waals surface area contributed by atoms with Gasteiger partial charge in [-0.3, -0.25) is 14.3 Å². The van der Waals surface area contributed by atoms with Crippen LogP contribution in [0.2, 0.25) is 0 Å². The molecule has 1 saturated heterocycles. The van der Waals surface area contributed by atoms with Gasteiger partial charge in [0.15, 0.2) is 12.3 Å². The van der Waals surface area contributed by atoms with E-state index in [0.29, 0.717) is 11.1 Å². The molecule has 2 aromatic carbocycles. The number of aromatic amines is 1. The van der Waals surface area contributed by atoms with Crippen molar-refractivity contribution < 1.29 is 28.5 Å². The molecule has 11 heteroatoms. The predicted molar refractivity (Wildman–Crippen MR) is 126 cm³/mol. The van der Waals surface area contributed by atoms with Crippen molar-refractivity contribution in [3.05, 3.63) is 103 Å². The summed E-state index contributed by atoms with van der Waals surface area (Å²) in [5.74, 6) is -1.24. The number of hydrogen-bond donors (Lipinski definition) is 1. The zero-order valence-electron chi connectivity index (χ0n) is 18.5. The quantitative estimate of drug-likeness (QED) is 0.449. The number of H-pyrrole nitrogens is 1. The third kappa shape index (κ3) is 5.42. The van der Waals surface area contributed by atoms with Gasteiger partial charge in [-0.2, -0.15) is 0 Å². The zero-order chi connectivity index (χ0) is 24.9. The molecule has 1 N–H and O–H groups in total. The zero-order valence-corrected chi connectivity index (χ0v) is 20.0. The highest BCUT2D eigenvalue weighted by atomic mass is 79.9. The summed E-state index contributed by atoms with van der Waals surface area (Å²) in [6.45, 7) is -0.282. The van der Waals surface area contributed by atoms with Crippen molar-refractivity contribution in [2.45, 2.75) is 24.5 Å². The fourth-order valence-electron chi connectivity index (χ4n) is 3.69. The minimum absolute atomic E-state index is 0.0901. The van der Waals surface area contributed by atoms with Gasteiger partial charge in [-0.25, -0.2) is 14.4 Å². The Labute approximate surface area is 207 Å². The van der Waals surface area contributed by atoms with Gasteiger partial charge >= 0.3 is 17.6 Å². The first-order chi connectivity index (χ1) is 16.9. The van der Waals surface area contributed by atoms with Gasteiger partial charge in [0.1, 0.15) is 18.8 Å². The van der Waals surface area contributed by atoms with E-state index in [1.807, 2.05) is 0 Å². The van der Waals surface area contributed by atoms with Gasteiger partial charge in [-0.05, 0) is 40.2 Å². The van der Waals surface area contributed by atoms with Gasteiger partial charge < -0.3 is 18.9 Å². The maximum atomic E-state index is 12.8. The molecule has 0 saturated carbocycles. The van der Waals surface area contributed by atoms with Gasteiger partial charge in [-0.15, -0.1) is 0 Å². The summed E-state index contributed by atoms with van der Waals surface area (Å²) in [5.41, 5.74) is -0.724. The van der Waals surface area contributed by atoms with Crippen LogP contribution < -0.4 is 11.2 Å². The van der Waals surface area contributed by atoms with E-state index in [2.05, 4.69) is 20.9 Å². The van der Waals surface area contributed by atoms with Crippen LogP contribution in [-0.2, 0) is 18.9 Å². The number of carbonyl (C=O) groups excluding carboxylic acids is 2. The number of ether oxygens (including phenoxy) is 4. The van der Waals surface area contributed by atoms with Gasteiger partial charge in [0.2, 0.25) is 0 Å². The van der Waals surface area contributed by atoms with Crippen molar-refractivity contribution in [1.82, 2.24) is 9.55 Å². The fourth-order valence-corrected chi connectivity index (χ4v) is 4.01. The molecule has 182 valence electrons. The van der Waals surface area contributed by atoms with E-state index in [1.54, 1.807) is 60.7 Å². The lowest BCUT2D eigenvalue weighted by atomic mass is 10.1. The molecule has 4 atom stereocenters. The summed E-state index contributed by atoms with van der Waals surface area (Å²) in [5, 5.41) is 0. The maximum Gasteiger partial charge on any atom is 0.338 e. The molecule has 35 heavy (non-hydrogen) atoms. The smallest absolute Gasteiger partial charge is 0.338 e.